The maximum absolute atomic E-state index is 10.5. The highest BCUT2D eigenvalue weighted by Crippen LogP contribution is 2.09. The molecule has 0 aromatic carbocycles. The van der Waals surface area contributed by atoms with Gasteiger partial charge in [0, 0.05) is 6.92 Å². The van der Waals surface area contributed by atoms with Crippen molar-refractivity contribution >= 4 is 5.97 Å². The number of hydrogen-bond acceptors (Lipinski definition) is 2. The summed E-state index contributed by atoms with van der Waals surface area (Å²) in [7, 11) is 0. The second-order valence-corrected chi connectivity index (χ2v) is 5.68. The van der Waals surface area contributed by atoms with Gasteiger partial charge in [0.05, 0.1) is 6.26 Å². The van der Waals surface area contributed by atoms with E-state index in [4.69, 9.17) is 0 Å². The van der Waals surface area contributed by atoms with E-state index in [9.17, 15) is 4.79 Å². The Bertz CT molecular complexity index is 327. The van der Waals surface area contributed by atoms with E-state index >= 15 is 0 Å². The molecule has 2 heteroatoms. The van der Waals surface area contributed by atoms with Crippen molar-refractivity contribution in [2.75, 3.05) is 0 Å². The van der Waals surface area contributed by atoms with Gasteiger partial charge in [-0.1, -0.05) is 69.8 Å². The van der Waals surface area contributed by atoms with Crippen LogP contribution in [0.1, 0.15) is 84.5 Å². The van der Waals surface area contributed by atoms with E-state index < -0.39 is 0 Å². The van der Waals surface area contributed by atoms with Crippen molar-refractivity contribution in [1.29, 1.82) is 0 Å². The predicted octanol–water partition coefficient (Wildman–Crippen LogP) is 6.49. The fraction of sp³-hybridized carbons (Fsp3) is 0.650. The molecule has 0 saturated carbocycles. The summed E-state index contributed by atoms with van der Waals surface area (Å²) in [5, 5.41) is 0. The highest BCUT2D eigenvalue weighted by molar-refractivity contribution is 5.66. The Morgan fingerprint density at radius 1 is 0.773 bits per heavy atom. The predicted molar refractivity (Wildman–Crippen MR) is 95.6 cm³/mol. The van der Waals surface area contributed by atoms with Crippen LogP contribution in [-0.2, 0) is 9.53 Å². The van der Waals surface area contributed by atoms with Gasteiger partial charge in [-0.3, -0.25) is 4.79 Å². The summed E-state index contributed by atoms with van der Waals surface area (Å²) in [6.45, 7) is 3.64. The van der Waals surface area contributed by atoms with Crippen LogP contribution < -0.4 is 0 Å². The first-order chi connectivity index (χ1) is 10.8. The lowest BCUT2D eigenvalue weighted by atomic mass is 10.1. The summed E-state index contributed by atoms with van der Waals surface area (Å²) < 4.78 is 4.69. The van der Waals surface area contributed by atoms with Gasteiger partial charge in [-0.15, -0.1) is 0 Å². The molecule has 0 rings (SSSR count). The van der Waals surface area contributed by atoms with Crippen LogP contribution in [0.25, 0.3) is 0 Å². The average molecular weight is 306 g/mol. The minimum absolute atomic E-state index is 0.277. The first kappa shape index (κ1) is 20.7. The molecule has 126 valence electrons. The number of rotatable bonds is 14. The Morgan fingerprint density at radius 3 is 1.91 bits per heavy atom. The standard InChI is InChI=1S/C20H34O2/c1-3-4-5-6-7-8-9-10-11-12-13-14-15-16-17-18-19-22-20(2)21/h6-7,16-19H,3-5,8-15H2,1-2H3/b7-6?,17-16?,19-18-. The lowest BCUT2D eigenvalue weighted by Crippen LogP contribution is -1.88. The van der Waals surface area contributed by atoms with E-state index in [1.165, 1.54) is 77.4 Å². The molecule has 0 N–H and O–H groups in total. The van der Waals surface area contributed by atoms with Crippen molar-refractivity contribution < 1.29 is 9.53 Å². The Kier molecular flexibility index (Phi) is 16.7. The summed E-state index contributed by atoms with van der Waals surface area (Å²) >= 11 is 0. The zero-order chi connectivity index (χ0) is 16.3. The molecule has 0 aliphatic rings. The fourth-order valence-corrected chi connectivity index (χ4v) is 2.14. The van der Waals surface area contributed by atoms with Crippen molar-refractivity contribution in [2.24, 2.45) is 0 Å². The van der Waals surface area contributed by atoms with Crippen LogP contribution in [0, 0.1) is 0 Å². The Balaban J connectivity index is 3.20. The normalized spacial score (nSPS) is 11.9. The van der Waals surface area contributed by atoms with E-state index in [0.717, 1.165) is 6.42 Å². The largest absolute Gasteiger partial charge is 0.435 e. The molecule has 0 amide bonds. The van der Waals surface area contributed by atoms with E-state index in [1.54, 1.807) is 6.08 Å². The molecular formula is C20H34O2. The maximum atomic E-state index is 10.5. The van der Waals surface area contributed by atoms with E-state index in [-0.39, 0.29) is 5.97 Å². The first-order valence-electron chi connectivity index (χ1n) is 8.91. The third-order valence-corrected chi connectivity index (χ3v) is 3.44. The van der Waals surface area contributed by atoms with Gasteiger partial charge in [0.25, 0.3) is 0 Å². The summed E-state index contributed by atoms with van der Waals surface area (Å²) in [5.74, 6) is -0.277. The van der Waals surface area contributed by atoms with Gasteiger partial charge in [-0.05, 0) is 38.2 Å². The van der Waals surface area contributed by atoms with Crippen molar-refractivity contribution in [2.45, 2.75) is 84.5 Å². The molecule has 0 radical (unpaired) electrons. The van der Waals surface area contributed by atoms with Crippen LogP contribution in [0.3, 0.4) is 0 Å². The maximum Gasteiger partial charge on any atom is 0.307 e. The minimum atomic E-state index is -0.277. The van der Waals surface area contributed by atoms with Gasteiger partial charge in [-0.2, -0.15) is 0 Å². The zero-order valence-electron chi connectivity index (χ0n) is 14.6. The van der Waals surface area contributed by atoms with Crippen molar-refractivity contribution in [3.63, 3.8) is 0 Å². The van der Waals surface area contributed by atoms with Crippen LogP contribution in [-0.4, -0.2) is 5.97 Å². The molecular weight excluding hydrogens is 272 g/mol. The van der Waals surface area contributed by atoms with Gasteiger partial charge in [0.1, 0.15) is 0 Å². The van der Waals surface area contributed by atoms with E-state index in [2.05, 4.69) is 29.9 Å². The van der Waals surface area contributed by atoms with Gasteiger partial charge in [-0.25, -0.2) is 0 Å². The third kappa shape index (κ3) is 18.7. The van der Waals surface area contributed by atoms with Crippen LogP contribution in [0.5, 0.6) is 0 Å². The minimum Gasteiger partial charge on any atom is -0.435 e. The number of carbonyl (C=O) groups excluding carboxylic acids is 1. The van der Waals surface area contributed by atoms with Crippen molar-refractivity contribution in [3.05, 3.63) is 36.6 Å². The second kappa shape index (κ2) is 17.7. The highest BCUT2D eigenvalue weighted by atomic mass is 16.5. The first-order valence-corrected chi connectivity index (χ1v) is 8.91. The number of unbranched alkanes of at least 4 members (excludes halogenated alkanes) is 9. The fourth-order valence-electron chi connectivity index (χ4n) is 2.14. The Hall–Kier alpha value is -1.31. The summed E-state index contributed by atoms with van der Waals surface area (Å²) in [6, 6.07) is 0. The molecule has 0 fully saturated rings. The quantitative estimate of drug-likeness (QED) is 0.121. The molecule has 0 atom stereocenters. The molecule has 0 unspecified atom stereocenters. The molecule has 0 aromatic rings. The lowest BCUT2D eigenvalue weighted by Gasteiger charge is -1.99. The molecule has 0 spiro atoms. The molecule has 22 heavy (non-hydrogen) atoms. The zero-order valence-corrected chi connectivity index (χ0v) is 14.6. The molecule has 0 bridgehead atoms. The number of esters is 1. The molecule has 0 aliphatic heterocycles. The van der Waals surface area contributed by atoms with Crippen molar-refractivity contribution in [3.8, 4) is 0 Å². The van der Waals surface area contributed by atoms with Gasteiger partial charge in [0.2, 0.25) is 0 Å². The smallest absolute Gasteiger partial charge is 0.307 e. The molecule has 0 aromatic heterocycles. The third-order valence-electron chi connectivity index (χ3n) is 3.44. The number of hydrogen-bond donors (Lipinski definition) is 0. The summed E-state index contributed by atoms with van der Waals surface area (Å²) in [6.07, 6.45) is 26.1. The van der Waals surface area contributed by atoms with E-state index in [0.29, 0.717) is 0 Å². The van der Waals surface area contributed by atoms with Crippen LogP contribution in [0.4, 0.5) is 0 Å². The van der Waals surface area contributed by atoms with Gasteiger partial charge < -0.3 is 4.74 Å². The van der Waals surface area contributed by atoms with Crippen LogP contribution in [0.15, 0.2) is 36.6 Å². The van der Waals surface area contributed by atoms with Crippen molar-refractivity contribution in [1.82, 2.24) is 0 Å². The molecule has 0 aliphatic carbocycles. The topological polar surface area (TPSA) is 26.3 Å². The summed E-state index contributed by atoms with van der Waals surface area (Å²) in [4.78, 5) is 10.5. The Morgan fingerprint density at radius 2 is 1.32 bits per heavy atom. The van der Waals surface area contributed by atoms with Crippen LogP contribution in [0.2, 0.25) is 0 Å². The highest BCUT2D eigenvalue weighted by Gasteiger charge is 1.90. The average Bonchev–Trinajstić information content (AvgIpc) is 2.50. The number of allylic oxidation sites excluding steroid dienone is 5. The van der Waals surface area contributed by atoms with Crippen LogP contribution >= 0.6 is 0 Å². The summed E-state index contributed by atoms with van der Waals surface area (Å²) in [5.41, 5.74) is 0. The van der Waals surface area contributed by atoms with Gasteiger partial charge in [0.15, 0.2) is 0 Å². The molecule has 0 saturated heterocycles. The number of carbonyl (C=O) groups is 1. The second-order valence-electron chi connectivity index (χ2n) is 5.68. The SMILES string of the molecule is CCCCC=CCCCCCCCCC=C/C=C\OC(C)=O. The number of ether oxygens (including phenoxy) is 1. The Labute approximate surface area is 137 Å². The molecule has 0 heterocycles. The van der Waals surface area contributed by atoms with Gasteiger partial charge >= 0.3 is 5.97 Å². The van der Waals surface area contributed by atoms with E-state index in [1.807, 2.05) is 6.08 Å². The monoisotopic (exact) mass is 306 g/mol. The molecule has 2 nitrogen and oxygen atoms in total. The lowest BCUT2D eigenvalue weighted by molar-refractivity contribution is -0.135.